The highest BCUT2D eigenvalue weighted by atomic mass is 19.1. The van der Waals surface area contributed by atoms with Gasteiger partial charge in [-0.2, -0.15) is 5.10 Å². The number of hydrazone groups is 1. The molecule has 0 saturated carbocycles. The summed E-state index contributed by atoms with van der Waals surface area (Å²) in [5.74, 6) is -1.01. The van der Waals surface area contributed by atoms with E-state index in [9.17, 15) is 14.0 Å². The number of rotatable bonds is 6. The Hall–Kier alpha value is -2.96. The highest BCUT2D eigenvalue weighted by molar-refractivity contribution is 6.32. The van der Waals surface area contributed by atoms with Crippen molar-refractivity contribution in [3.63, 3.8) is 0 Å². The summed E-state index contributed by atoms with van der Waals surface area (Å²) in [6, 6.07) is 12.4. The van der Waals surface area contributed by atoms with Crippen LogP contribution in [-0.2, 0) is 9.59 Å². The maximum absolute atomic E-state index is 12.7. The van der Waals surface area contributed by atoms with Gasteiger partial charge < -0.3 is 5.32 Å². The lowest BCUT2D eigenvalue weighted by Crippen LogP contribution is -2.20. The van der Waals surface area contributed by atoms with Crippen molar-refractivity contribution in [2.75, 3.05) is 5.32 Å². The topological polar surface area (TPSA) is 70.6 Å². The van der Waals surface area contributed by atoms with Crippen molar-refractivity contribution in [3.8, 4) is 0 Å². The summed E-state index contributed by atoms with van der Waals surface area (Å²) in [6.07, 6.45) is 1.43. The number of nitrogens with zero attached hydrogens (tertiary/aromatic N) is 1. The zero-order valence-corrected chi connectivity index (χ0v) is 12.8. The lowest BCUT2D eigenvalue weighted by Gasteiger charge is -2.05. The summed E-state index contributed by atoms with van der Waals surface area (Å²) in [6.45, 7) is 0. The molecule has 0 aliphatic carbocycles. The first-order chi connectivity index (χ1) is 11.5. The molecule has 120 valence electrons. The molecule has 2 aromatic rings. The van der Waals surface area contributed by atoms with Crippen LogP contribution in [0.4, 0.5) is 10.1 Å². The fraction of sp³-hybridized carbons (Fsp3) is 0.118. The summed E-state index contributed by atoms with van der Waals surface area (Å²) < 4.78 is 12.7. The normalized spacial score (nSPS) is 10.5. The molecule has 0 heterocycles. The number of hydrogen-bond acceptors (Lipinski definition) is 3. The van der Waals surface area contributed by atoms with Crippen molar-refractivity contribution < 1.29 is 14.0 Å². The van der Waals surface area contributed by atoms with Gasteiger partial charge in [0, 0.05) is 18.5 Å². The standard InChI is InChI=1S/C17H15BFN3O2/c18-13-3-7-15(8-4-13)21-16(23)9-10-17(24)22-20-11-12-1-5-14(19)6-2-12/h1-8,11H,9-10H2,(H,21,23)(H,22,24)/b20-11+. The van der Waals surface area contributed by atoms with Gasteiger partial charge in [0.15, 0.2) is 0 Å². The summed E-state index contributed by atoms with van der Waals surface area (Å²) >= 11 is 0. The average Bonchev–Trinajstić information content (AvgIpc) is 2.57. The molecule has 2 aromatic carbocycles. The molecular weight excluding hydrogens is 308 g/mol. The number of nitrogens with one attached hydrogen (secondary N) is 2. The van der Waals surface area contributed by atoms with E-state index in [1.54, 1.807) is 24.3 Å². The van der Waals surface area contributed by atoms with Crippen molar-refractivity contribution in [1.29, 1.82) is 0 Å². The van der Waals surface area contributed by atoms with E-state index in [4.69, 9.17) is 7.85 Å². The maximum Gasteiger partial charge on any atom is 0.240 e. The molecule has 0 spiro atoms. The Morgan fingerprint density at radius 2 is 1.62 bits per heavy atom. The van der Waals surface area contributed by atoms with Gasteiger partial charge in [-0.25, -0.2) is 9.82 Å². The van der Waals surface area contributed by atoms with Gasteiger partial charge in [-0.05, 0) is 29.8 Å². The maximum atomic E-state index is 12.7. The summed E-state index contributed by atoms with van der Waals surface area (Å²) in [7, 11) is 5.55. The van der Waals surface area contributed by atoms with Crippen LogP contribution in [0.2, 0.25) is 0 Å². The second-order valence-corrected chi connectivity index (χ2v) is 5.01. The van der Waals surface area contributed by atoms with Crippen molar-refractivity contribution >= 4 is 37.0 Å². The Morgan fingerprint density at radius 3 is 2.29 bits per heavy atom. The first-order valence-electron chi connectivity index (χ1n) is 7.26. The summed E-state index contributed by atoms with van der Waals surface area (Å²) in [5, 5.41) is 6.41. The Kier molecular flexibility index (Phi) is 6.25. The van der Waals surface area contributed by atoms with E-state index in [0.717, 1.165) is 0 Å². The van der Waals surface area contributed by atoms with Crippen LogP contribution in [0.1, 0.15) is 18.4 Å². The van der Waals surface area contributed by atoms with E-state index in [-0.39, 0.29) is 30.5 Å². The van der Waals surface area contributed by atoms with Crippen LogP contribution in [0.5, 0.6) is 0 Å². The molecule has 2 radical (unpaired) electrons. The third-order valence-electron chi connectivity index (χ3n) is 3.05. The Balaban J connectivity index is 1.71. The molecule has 2 N–H and O–H groups in total. The van der Waals surface area contributed by atoms with Gasteiger partial charge in [0.25, 0.3) is 0 Å². The largest absolute Gasteiger partial charge is 0.326 e. The van der Waals surface area contributed by atoms with E-state index in [0.29, 0.717) is 16.7 Å². The summed E-state index contributed by atoms with van der Waals surface area (Å²) in [5.41, 5.74) is 4.18. The van der Waals surface area contributed by atoms with Crippen LogP contribution in [0.15, 0.2) is 53.6 Å². The van der Waals surface area contributed by atoms with Gasteiger partial charge >= 0.3 is 0 Å². The molecule has 0 atom stereocenters. The van der Waals surface area contributed by atoms with Crippen molar-refractivity contribution in [2.45, 2.75) is 12.8 Å². The molecule has 2 rings (SSSR count). The molecule has 0 unspecified atom stereocenters. The molecule has 0 bridgehead atoms. The van der Waals surface area contributed by atoms with E-state index in [2.05, 4.69) is 15.8 Å². The number of amides is 2. The molecule has 0 fully saturated rings. The van der Waals surface area contributed by atoms with Crippen LogP contribution in [-0.4, -0.2) is 25.9 Å². The van der Waals surface area contributed by atoms with Crippen LogP contribution < -0.4 is 16.2 Å². The van der Waals surface area contributed by atoms with Crippen LogP contribution in [0.3, 0.4) is 0 Å². The van der Waals surface area contributed by atoms with Gasteiger partial charge in [0.1, 0.15) is 13.7 Å². The smallest absolute Gasteiger partial charge is 0.240 e. The van der Waals surface area contributed by atoms with Crippen molar-refractivity contribution in [1.82, 2.24) is 5.43 Å². The molecule has 5 nitrogen and oxygen atoms in total. The Bertz CT molecular complexity index is 731. The zero-order valence-electron chi connectivity index (χ0n) is 12.8. The minimum atomic E-state index is -0.388. The molecule has 2 amide bonds. The number of halogens is 1. The second kappa shape index (κ2) is 8.62. The number of carbonyl (C=O) groups is 2. The van der Waals surface area contributed by atoms with E-state index in [1.807, 2.05) is 0 Å². The Morgan fingerprint density at radius 1 is 1.00 bits per heavy atom. The minimum absolute atomic E-state index is 0.00155. The van der Waals surface area contributed by atoms with Gasteiger partial charge in [-0.3, -0.25) is 9.59 Å². The van der Waals surface area contributed by atoms with Gasteiger partial charge in [-0.1, -0.05) is 29.7 Å². The highest BCUT2D eigenvalue weighted by Gasteiger charge is 2.06. The van der Waals surface area contributed by atoms with Gasteiger partial charge in [-0.15, -0.1) is 0 Å². The fourth-order valence-electron chi connectivity index (χ4n) is 1.80. The van der Waals surface area contributed by atoms with Crippen LogP contribution in [0, 0.1) is 5.82 Å². The predicted molar refractivity (Wildman–Crippen MR) is 91.8 cm³/mol. The number of benzene rings is 2. The van der Waals surface area contributed by atoms with E-state index in [1.165, 1.54) is 30.5 Å². The fourth-order valence-corrected chi connectivity index (χ4v) is 1.80. The van der Waals surface area contributed by atoms with Gasteiger partial charge in [0.2, 0.25) is 11.8 Å². The summed E-state index contributed by atoms with van der Waals surface area (Å²) in [4.78, 5) is 23.3. The number of hydrogen-bond donors (Lipinski definition) is 2. The third-order valence-corrected chi connectivity index (χ3v) is 3.05. The molecule has 0 aromatic heterocycles. The number of carbonyl (C=O) groups excluding carboxylic acids is 2. The van der Waals surface area contributed by atoms with E-state index < -0.39 is 0 Å². The van der Waals surface area contributed by atoms with Crippen LogP contribution in [0.25, 0.3) is 0 Å². The monoisotopic (exact) mass is 323 g/mol. The van der Waals surface area contributed by atoms with Crippen molar-refractivity contribution in [2.24, 2.45) is 5.10 Å². The minimum Gasteiger partial charge on any atom is -0.326 e. The van der Waals surface area contributed by atoms with E-state index >= 15 is 0 Å². The lowest BCUT2D eigenvalue weighted by molar-refractivity contribution is -0.124. The Labute approximate surface area is 140 Å². The SMILES string of the molecule is [B]c1ccc(NC(=O)CCC(=O)N/N=C/c2ccc(F)cc2)cc1. The van der Waals surface area contributed by atoms with Gasteiger partial charge in [0.05, 0.1) is 6.21 Å². The first kappa shape index (κ1) is 17.4. The highest BCUT2D eigenvalue weighted by Crippen LogP contribution is 2.05. The second-order valence-electron chi connectivity index (χ2n) is 5.01. The first-order valence-corrected chi connectivity index (χ1v) is 7.26. The van der Waals surface area contributed by atoms with Crippen molar-refractivity contribution in [3.05, 3.63) is 59.9 Å². The average molecular weight is 323 g/mol. The quantitative estimate of drug-likeness (QED) is 0.480. The molecule has 0 aliphatic rings. The molecule has 0 aliphatic heterocycles. The zero-order chi connectivity index (χ0) is 17.4. The van der Waals surface area contributed by atoms with Crippen LogP contribution >= 0.6 is 0 Å². The molecule has 0 saturated heterocycles. The third kappa shape index (κ3) is 6.04. The predicted octanol–water partition coefficient (Wildman–Crippen LogP) is 1.49. The lowest BCUT2D eigenvalue weighted by atomic mass is 9.96. The number of anilines is 1. The molecule has 24 heavy (non-hydrogen) atoms. The molecular formula is C17H15BFN3O2. The molecule has 7 heteroatoms.